The van der Waals surface area contributed by atoms with Crippen LogP contribution in [0, 0.1) is 0 Å². The molecule has 0 unspecified atom stereocenters. The number of fused-ring (bicyclic) bond motifs is 1. The molecule has 0 atom stereocenters. The number of hydrogen-bond donors (Lipinski definition) is 2. The number of pyridine rings is 2. The maximum Gasteiger partial charge on any atom is 0.165 e. The number of hydrogen-bond acceptors (Lipinski definition) is 6. The SMILES string of the molecule is Nc1ncccc1-c1nc2ccc(C3=CCCC=C3)nc2n1-c1ccc(CN2CCC(N)CC2)cc1. The Morgan fingerprint density at radius 1 is 0.944 bits per heavy atom. The van der Waals surface area contributed by atoms with Crippen LogP contribution in [-0.4, -0.2) is 43.6 Å². The van der Waals surface area contributed by atoms with E-state index in [9.17, 15) is 0 Å². The Balaban J connectivity index is 1.42. The molecule has 7 heteroatoms. The second-order valence-electron chi connectivity index (χ2n) is 9.67. The zero-order valence-electron chi connectivity index (χ0n) is 20.3. The number of piperidine rings is 1. The van der Waals surface area contributed by atoms with Crippen molar-refractivity contribution in [2.75, 3.05) is 18.8 Å². The van der Waals surface area contributed by atoms with Crippen LogP contribution in [0.25, 0.3) is 33.8 Å². The van der Waals surface area contributed by atoms with E-state index >= 15 is 0 Å². The third-order valence-corrected chi connectivity index (χ3v) is 7.11. The Hall–Kier alpha value is -3.81. The number of nitrogen functional groups attached to an aromatic ring is 1. The molecule has 6 rings (SSSR count). The second kappa shape index (κ2) is 9.68. The van der Waals surface area contributed by atoms with Crippen molar-refractivity contribution >= 4 is 22.6 Å². The largest absolute Gasteiger partial charge is 0.383 e. The smallest absolute Gasteiger partial charge is 0.165 e. The van der Waals surface area contributed by atoms with Crippen molar-refractivity contribution in [3.8, 4) is 17.1 Å². The highest BCUT2D eigenvalue weighted by molar-refractivity contribution is 5.85. The normalized spacial score (nSPS) is 17.0. The Kier molecular flexibility index (Phi) is 6.09. The molecule has 4 heterocycles. The fourth-order valence-electron chi connectivity index (χ4n) is 5.07. The summed E-state index contributed by atoms with van der Waals surface area (Å²) in [4.78, 5) is 16.8. The van der Waals surface area contributed by atoms with Gasteiger partial charge >= 0.3 is 0 Å². The molecule has 0 spiro atoms. The molecule has 36 heavy (non-hydrogen) atoms. The standard InChI is InChI=1S/C29H31N7/c30-22-14-17-35(18-15-22)19-20-8-10-23(11-9-20)36-28(24-7-4-16-32-27(24)31)34-26-13-12-25(33-29(26)36)21-5-2-1-3-6-21/h2,4-13,16,22H,1,3,14-15,17-19,30H2,(H2,31,32). The van der Waals surface area contributed by atoms with Crippen molar-refractivity contribution in [1.82, 2.24) is 24.4 Å². The van der Waals surface area contributed by atoms with Crippen LogP contribution in [0.5, 0.6) is 0 Å². The number of nitrogens with two attached hydrogens (primary N) is 2. The van der Waals surface area contributed by atoms with E-state index in [2.05, 4.69) is 56.9 Å². The van der Waals surface area contributed by atoms with Crippen LogP contribution in [0.15, 0.2) is 73.0 Å². The quantitative estimate of drug-likeness (QED) is 0.431. The predicted octanol–water partition coefficient (Wildman–Crippen LogP) is 4.72. The van der Waals surface area contributed by atoms with Crippen LogP contribution < -0.4 is 11.5 Å². The van der Waals surface area contributed by atoms with Crippen molar-refractivity contribution in [3.05, 3.63) is 84.2 Å². The molecule has 1 aliphatic carbocycles. The zero-order valence-corrected chi connectivity index (χ0v) is 20.3. The average Bonchev–Trinajstić information content (AvgIpc) is 3.30. The van der Waals surface area contributed by atoms with Gasteiger partial charge in [-0.3, -0.25) is 9.47 Å². The summed E-state index contributed by atoms with van der Waals surface area (Å²) in [5, 5.41) is 0. The minimum Gasteiger partial charge on any atom is -0.383 e. The molecule has 7 nitrogen and oxygen atoms in total. The second-order valence-corrected chi connectivity index (χ2v) is 9.67. The molecular weight excluding hydrogens is 446 g/mol. The van der Waals surface area contributed by atoms with Crippen LogP contribution in [0.4, 0.5) is 5.82 Å². The van der Waals surface area contributed by atoms with Gasteiger partial charge in [-0.1, -0.05) is 30.4 Å². The summed E-state index contributed by atoms with van der Waals surface area (Å²) in [5.74, 6) is 1.19. The Labute approximate surface area is 211 Å². The van der Waals surface area contributed by atoms with E-state index in [-0.39, 0.29) is 0 Å². The summed E-state index contributed by atoms with van der Waals surface area (Å²) >= 11 is 0. The van der Waals surface area contributed by atoms with Crippen LogP contribution >= 0.6 is 0 Å². The number of likely N-dealkylation sites (tertiary alicyclic amines) is 1. The van der Waals surface area contributed by atoms with Crippen LogP contribution in [0.1, 0.15) is 36.9 Å². The summed E-state index contributed by atoms with van der Waals surface area (Å²) in [6, 6.07) is 17.0. The van der Waals surface area contributed by atoms with Gasteiger partial charge in [-0.2, -0.15) is 0 Å². The average molecular weight is 478 g/mol. The molecule has 1 fully saturated rings. The maximum absolute atomic E-state index is 6.29. The Morgan fingerprint density at radius 2 is 1.78 bits per heavy atom. The van der Waals surface area contributed by atoms with Gasteiger partial charge in [0.25, 0.3) is 0 Å². The van der Waals surface area contributed by atoms with Gasteiger partial charge in [-0.25, -0.2) is 15.0 Å². The minimum atomic E-state index is 0.341. The topological polar surface area (TPSA) is 98.9 Å². The number of imidazole rings is 1. The number of rotatable bonds is 5. The van der Waals surface area contributed by atoms with Gasteiger partial charge in [0.1, 0.15) is 11.3 Å². The Bertz CT molecular complexity index is 1440. The summed E-state index contributed by atoms with van der Waals surface area (Å²) in [6.07, 6.45) is 12.5. The van der Waals surface area contributed by atoms with Crippen molar-refractivity contribution < 1.29 is 0 Å². The lowest BCUT2D eigenvalue weighted by Crippen LogP contribution is -2.39. The number of anilines is 1. The molecule has 4 aromatic rings. The molecule has 3 aromatic heterocycles. The number of allylic oxidation sites excluding steroid dienone is 4. The summed E-state index contributed by atoms with van der Waals surface area (Å²) in [6.45, 7) is 3.04. The van der Waals surface area contributed by atoms with E-state index < -0.39 is 0 Å². The van der Waals surface area contributed by atoms with Crippen LogP contribution in [-0.2, 0) is 6.54 Å². The van der Waals surface area contributed by atoms with Crippen LogP contribution in [0.2, 0.25) is 0 Å². The molecule has 0 radical (unpaired) electrons. The van der Waals surface area contributed by atoms with Crippen LogP contribution in [0.3, 0.4) is 0 Å². The highest BCUT2D eigenvalue weighted by Crippen LogP contribution is 2.32. The summed E-state index contributed by atoms with van der Waals surface area (Å²) < 4.78 is 2.10. The van der Waals surface area contributed by atoms with E-state index in [0.717, 1.165) is 84.8 Å². The lowest BCUT2D eigenvalue weighted by atomic mass is 10.0. The predicted molar refractivity (Wildman–Crippen MR) is 145 cm³/mol. The fraction of sp³-hybridized carbons (Fsp3) is 0.276. The first-order valence-corrected chi connectivity index (χ1v) is 12.7. The maximum atomic E-state index is 6.29. The molecule has 4 N–H and O–H groups in total. The van der Waals surface area contributed by atoms with Gasteiger partial charge in [0.15, 0.2) is 11.5 Å². The minimum absolute atomic E-state index is 0.341. The van der Waals surface area contributed by atoms with Crippen molar-refractivity contribution in [1.29, 1.82) is 0 Å². The van der Waals surface area contributed by atoms with E-state index in [1.165, 1.54) is 5.56 Å². The molecule has 182 valence electrons. The van der Waals surface area contributed by atoms with Gasteiger partial charge in [0, 0.05) is 24.5 Å². The highest BCUT2D eigenvalue weighted by Gasteiger charge is 2.20. The van der Waals surface area contributed by atoms with Crippen molar-refractivity contribution in [2.24, 2.45) is 5.73 Å². The van der Waals surface area contributed by atoms with Gasteiger partial charge in [-0.15, -0.1) is 0 Å². The first-order valence-electron chi connectivity index (χ1n) is 12.7. The van der Waals surface area contributed by atoms with Gasteiger partial charge < -0.3 is 11.5 Å². The molecule has 2 aliphatic rings. The molecule has 1 aliphatic heterocycles. The summed E-state index contributed by atoms with van der Waals surface area (Å²) in [7, 11) is 0. The lowest BCUT2D eigenvalue weighted by Gasteiger charge is -2.30. The molecule has 1 aromatic carbocycles. The molecule has 0 saturated carbocycles. The van der Waals surface area contributed by atoms with Gasteiger partial charge in [0.05, 0.1) is 11.3 Å². The first-order chi connectivity index (χ1) is 17.7. The highest BCUT2D eigenvalue weighted by atomic mass is 15.1. The van der Waals surface area contributed by atoms with Crippen molar-refractivity contribution in [3.63, 3.8) is 0 Å². The lowest BCUT2D eigenvalue weighted by molar-refractivity contribution is 0.205. The number of benzene rings is 1. The van der Waals surface area contributed by atoms with Crippen molar-refractivity contribution in [2.45, 2.75) is 38.3 Å². The molecule has 1 saturated heterocycles. The fourth-order valence-corrected chi connectivity index (χ4v) is 5.07. The van der Waals surface area contributed by atoms with Gasteiger partial charge in [-0.05, 0) is 86.3 Å². The molecule has 0 bridgehead atoms. The first kappa shape index (κ1) is 22.6. The number of nitrogens with zero attached hydrogens (tertiary/aromatic N) is 5. The van der Waals surface area contributed by atoms with E-state index in [1.54, 1.807) is 6.20 Å². The van der Waals surface area contributed by atoms with E-state index in [0.29, 0.717) is 11.9 Å². The summed E-state index contributed by atoms with van der Waals surface area (Å²) in [5.41, 5.74) is 19.2. The zero-order chi connectivity index (χ0) is 24.5. The third-order valence-electron chi connectivity index (χ3n) is 7.11. The molecule has 0 amide bonds. The monoisotopic (exact) mass is 477 g/mol. The number of aromatic nitrogens is 4. The molecular formula is C29H31N7. The third kappa shape index (κ3) is 4.43. The Morgan fingerprint density at radius 3 is 2.53 bits per heavy atom. The van der Waals surface area contributed by atoms with E-state index in [4.69, 9.17) is 21.4 Å². The van der Waals surface area contributed by atoms with Gasteiger partial charge in [0.2, 0.25) is 0 Å². The van der Waals surface area contributed by atoms with E-state index in [1.807, 2.05) is 24.3 Å².